The maximum atomic E-state index is 14.4. The summed E-state index contributed by atoms with van der Waals surface area (Å²) in [7, 11) is 0. The quantitative estimate of drug-likeness (QED) is 0.495. The molecule has 0 unspecified atom stereocenters. The van der Waals surface area contributed by atoms with Gasteiger partial charge >= 0.3 is 6.18 Å². The predicted octanol–water partition coefficient (Wildman–Crippen LogP) is 5.02. The van der Waals surface area contributed by atoms with Gasteiger partial charge in [0.25, 0.3) is 0 Å². The van der Waals surface area contributed by atoms with E-state index >= 15 is 0 Å². The molecule has 0 radical (unpaired) electrons. The second-order valence-electron chi connectivity index (χ2n) is 6.15. The molecule has 4 rings (SSSR count). The van der Waals surface area contributed by atoms with E-state index in [4.69, 9.17) is 0 Å². The molecule has 2 aromatic heterocycles. The molecule has 0 amide bonds. The van der Waals surface area contributed by atoms with Crippen molar-refractivity contribution in [3.63, 3.8) is 0 Å². The van der Waals surface area contributed by atoms with Crippen LogP contribution in [-0.2, 0) is 6.18 Å². The summed E-state index contributed by atoms with van der Waals surface area (Å²) in [4.78, 5) is 10.2. The van der Waals surface area contributed by atoms with E-state index in [2.05, 4.69) is 19.3 Å². The Bertz CT molecular complexity index is 978. The maximum absolute atomic E-state index is 14.4. The summed E-state index contributed by atoms with van der Waals surface area (Å²) in [5.74, 6) is -2.10. The van der Waals surface area contributed by atoms with E-state index in [-0.39, 0.29) is 22.3 Å². The van der Waals surface area contributed by atoms with E-state index in [1.807, 2.05) is 0 Å². The van der Waals surface area contributed by atoms with Gasteiger partial charge in [-0.15, -0.1) is 0 Å². The lowest BCUT2D eigenvalue weighted by Gasteiger charge is -2.13. The van der Waals surface area contributed by atoms with Gasteiger partial charge in [0.15, 0.2) is 11.6 Å². The van der Waals surface area contributed by atoms with Crippen molar-refractivity contribution >= 4 is 22.9 Å². The van der Waals surface area contributed by atoms with Gasteiger partial charge in [-0.3, -0.25) is 0 Å². The fourth-order valence-electron chi connectivity index (χ4n) is 3.11. The summed E-state index contributed by atoms with van der Waals surface area (Å²) >= 11 is 1.33. The Morgan fingerprint density at radius 2 is 1.70 bits per heavy atom. The second kappa shape index (κ2) is 6.75. The molecule has 3 heterocycles. The molecule has 0 atom stereocenters. The zero-order valence-electron chi connectivity index (χ0n) is 13.8. The van der Waals surface area contributed by atoms with E-state index in [0.29, 0.717) is 11.1 Å². The molecule has 3 aromatic rings. The number of hydrogen-bond acceptors (Lipinski definition) is 4. The average molecular weight is 400 g/mol. The van der Waals surface area contributed by atoms with Crippen LogP contribution in [0.15, 0.2) is 29.6 Å². The lowest BCUT2D eigenvalue weighted by Crippen LogP contribution is -2.09. The van der Waals surface area contributed by atoms with Crippen LogP contribution in [0.4, 0.5) is 22.0 Å². The summed E-state index contributed by atoms with van der Waals surface area (Å²) in [6, 6.07) is 1.88. The molecule has 4 nitrogen and oxygen atoms in total. The highest BCUT2D eigenvalue weighted by Crippen LogP contribution is 2.42. The van der Waals surface area contributed by atoms with Crippen LogP contribution < -0.4 is 0 Å². The second-order valence-corrected chi connectivity index (χ2v) is 7.29. The summed E-state index contributed by atoms with van der Waals surface area (Å²) < 4.78 is 70.2. The van der Waals surface area contributed by atoms with Gasteiger partial charge in [0.1, 0.15) is 5.82 Å². The van der Waals surface area contributed by atoms with Crippen LogP contribution in [0, 0.1) is 11.6 Å². The summed E-state index contributed by atoms with van der Waals surface area (Å²) in [5.41, 5.74) is -1.63. The highest BCUT2D eigenvalue weighted by atomic mass is 32.2. The Labute approximate surface area is 154 Å². The Kier molecular flexibility index (Phi) is 4.55. The zero-order chi connectivity index (χ0) is 19.2. The zero-order valence-corrected chi connectivity index (χ0v) is 14.6. The maximum Gasteiger partial charge on any atom is 0.417 e. The first-order valence-corrected chi connectivity index (χ1v) is 8.93. The molecule has 0 aliphatic carbocycles. The molecule has 1 aromatic carbocycles. The van der Waals surface area contributed by atoms with E-state index < -0.39 is 23.4 Å². The van der Waals surface area contributed by atoms with Crippen molar-refractivity contribution < 1.29 is 22.0 Å². The van der Waals surface area contributed by atoms with Crippen molar-refractivity contribution in [2.24, 2.45) is 0 Å². The number of aromatic nitrogens is 3. The van der Waals surface area contributed by atoms with Gasteiger partial charge in [0.05, 0.1) is 28.5 Å². The number of alkyl halides is 3. The fraction of sp³-hybridized carbons (Fsp3) is 0.294. The monoisotopic (exact) mass is 400 g/mol. The summed E-state index contributed by atoms with van der Waals surface area (Å²) in [6.07, 6.45) is -1.18. The number of rotatable bonds is 3. The van der Waals surface area contributed by atoms with Crippen molar-refractivity contribution in [1.82, 2.24) is 19.3 Å². The fourth-order valence-corrected chi connectivity index (χ4v) is 4.14. The van der Waals surface area contributed by atoms with Gasteiger partial charge in [0.2, 0.25) is 0 Å². The van der Waals surface area contributed by atoms with Gasteiger partial charge in [-0.05, 0) is 36.9 Å². The van der Waals surface area contributed by atoms with Crippen molar-refractivity contribution in [3.05, 3.63) is 41.7 Å². The third-order valence-corrected chi connectivity index (χ3v) is 5.32. The smallest absolute Gasteiger partial charge is 0.346 e. The summed E-state index contributed by atoms with van der Waals surface area (Å²) in [5, 5.41) is 0.532. The van der Waals surface area contributed by atoms with Crippen molar-refractivity contribution in [3.8, 4) is 11.4 Å². The Morgan fingerprint density at radius 3 is 2.33 bits per heavy atom. The van der Waals surface area contributed by atoms with E-state index in [1.54, 1.807) is 0 Å². The molecular weight excluding hydrogens is 387 g/mol. The molecule has 1 N–H and O–H groups in total. The van der Waals surface area contributed by atoms with Gasteiger partial charge in [-0.2, -0.15) is 13.2 Å². The van der Waals surface area contributed by atoms with Crippen molar-refractivity contribution in [2.45, 2.75) is 24.0 Å². The van der Waals surface area contributed by atoms with Crippen LogP contribution in [-0.4, -0.2) is 32.3 Å². The molecule has 1 fully saturated rings. The van der Waals surface area contributed by atoms with Gasteiger partial charge in [-0.1, -0.05) is 0 Å². The molecule has 1 aliphatic heterocycles. The van der Waals surface area contributed by atoms with E-state index in [9.17, 15) is 22.0 Å². The third kappa shape index (κ3) is 3.51. The number of hydrogen-bond donors (Lipinski definition) is 1. The lowest BCUT2D eigenvalue weighted by atomic mass is 10.0. The first-order valence-electron chi connectivity index (χ1n) is 8.16. The first kappa shape index (κ1) is 18.2. The molecular formula is C17H13F5N4S. The van der Waals surface area contributed by atoms with Crippen molar-refractivity contribution in [2.75, 3.05) is 13.1 Å². The Hall–Kier alpha value is -2.20. The topological polar surface area (TPSA) is 44.8 Å². The van der Waals surface area contributed by atoms with Gasteiger partial charge < -0.3 is 4.98 Å². The standard InChI is InChI=1S/C17H13F5N4S/c18-9-7-23-16(24-8-9)14-10-5-13(27-26-3-1-2-4-26)25-15(10)12(19)6-11(14)17(20,21)22/h5-8,25H,1-4H2. The van der Waals surface area contributed by atoms with E-state index in [1.165, 1.54) is 18.0 Å². The minimum atomic E-state index is -4.82. The number of nitrogens with zero attached hydrogens (tertiary/aromatic N) is 3. The van der Waals surface area contributed by atoms with Crippen LogP contribution in [0.25, 0.3) is 22.3 Å². The Balaban J connectivity index is 1.91. The molecule has 0 bridgehead atoms. The van der Waals surface area contributed by atoms with Crippen LogP contribution in [0.1, 0.15) is 18.4 Å². The summed E-state index contributed by atoms with van der Waals surface area (Å²) in [6.45, 7) is 1.70. The molecule has 1 aliphatic rings. The number of nitrogens with one attached hydrogen (secondary N) is 1. The first-order chi connectivity index (χ1) is 12.8. The minimum Gasteiger partial charge on any atom is -0.346 e. The number of halogens is 5. The predicted molar refractivity (Wildman–Crippen MR) is 90.9 cm³/mol. The van der Waals surface area contributed by atoms with Crippen LogP contribution in [0.2, 0.25) is 0 Å². The Morgan fingerprint density at radius 1 is 1.04 bits per heavy atom. The minimum absolute atomic E-state index is 0.00984. The lowest BCUT2D eigenvalue weighted by molar-refractivity contribution is -0.137. The van der Waals surface area contributed by atoms with Crippen LogP contribution >= 0.6 is 11.9 Å². The third-order valence-electron chi connectivity index (χ3n) is 4.28. The molecule has 0 spiro atoms. The average Bonchev–Trinajstić information content (AvgIpc) is 3.25. The largest absolute Gasteiger partial charge is 0.417 e. The number of H-pyrrole nitrogens is 1. The van der Waals surface area contributed by atoms with Gasteiger partial charge in [0, 0.05) is 24.0 Å². The highest BCUT2D eigenvalue weighted by molar-refractivity contribution is 7.97. The molecule has 142 valence electrons. The number of fused-ring (bicyclic) bond motifs is 1. The number of benzene rings is 1. The molecule has 0 saturated carbocycles. The van der Waals surface area contributed by atoms with Crippen LogP contribution in [0.3, 0.4) is 0 Å². The van der Waals surface area contributed by atoms with E-state index in [0.717, 1.165) is 38.3 Å². The van der Waals surface area contributed by atoms with Crippen molar-refractivity contribution in [1.29, 1.82) is 0 Å². The normalized spacial score (nSPS) is 15.7. The highest BCUT2D eigenvalue weighted by Gasteiger charge is 2.37. The molecule has 10 heteroatoms. The number of aromatic amines is 1. The SMILES string of the molecule is Fc1cnc(-c2c(C(F)(F)F)cc(F)c3[nH]c(SN4CCCC4)cc23)nc1. The molecule has 27 heavy (non-hydrogen) atoms. The molecule has 1 saturated heterocycles. The van der Waals surface area contributed by atoms with Crippen LogP contribution in [0.5, 0.6) is 0 Å². The van der Waals surface area contributed by atoms with Gasteiger partial charge in [-0.25, -0.2) is 23.1 Å².